The maximum absolute atomic E-state index is 13.0. The molecule has 0 saturated heterocycles. The molecular formula is C10H11F2NO2. The summed E-state index contributed by atoms with van der Waals surface area (Å²) < 4.78 is 30.8. The fourth-order valence-corrected chi connectivity index (χ4v) is 1.65. The summed E-state index contributed by atoms with van der Waals surface area (Å²) in [6, 6.07) is 4.40. The van der Waals surface area contributed by atoms with Crippen LogP contribution in [0.1, 0.15) is 12.0 Å². The summed E-state index contributed by atoms with van der Waals surface area (Å²) in [6.45, 7) is 0. The number of aromatic hydroxyl groups is 1. The number of rotatable bonds is 2. The fourth-order valence-electron chi connectivity index (χ4n) is 1.65. The number of alkyl halides is 2. The van der Waals surface area contributed by atoms with Crippen LogP contribution in [0.2, 0.25) is 0 Å². The topological polar surface area (TPSA) is 55.5 Å². The summed E-state index contributed by atoms with van der Waals surface area (Å²) in [5, 5.41) is 9.66. The molecule has 0 radical (unpaired) electrons. The molecule has 0 aromatic heterocycles. The highest BCUT2D eigenvalue weighted by Crippen LogP contribution is 2.60. The molecule has 0 bridgehead atoms. The molecule has 1 aliphatic rings. The highest BCUT2D eigenvalue weighted by atomic mass is 19.3. The molecule has 1 atom stereocenters. The van der Waals surface area contributed by atoms with E-state index in [0.29, 0.717) is 0 Å². The zero-order valence-corrected chi connectivity index (χ0v) is 8.13. The standard InChI is InChI=1S/C10H11F2NO2/c1-15-7-4-2-3-6(8(7)14)9(13)5-10(9,11)12/h2-4,14H,5,13H2,1H3. The first-order valence-corrected chi connectivity index (χ1v) is 4.45. The molecule has 1 aromatic rings. The van der Waals surface area contributed by atoms with E-state index in [1.165, 1.54) is 25.3 Å². The van der Waals surface area contributed by atoms with Gasteiger partial charge in [-0.25, -0.2) is 8.78 Å². The van der Waals surface area contributed by atoms with Gasteiger partial charge in [0.15, 0.2) is 11.5 Å². The van der Waals surface area contributed by atoms with Crippen molar-refractivity contribution in [1.29, 1.82) is 0 Å². The molecule has 1 fully saturated rings. The van der Waals surface area contributed by atoms with Crippen LogP contribution < -0.4 is 10.5 Å². The number of ether oxygens (including phenoxy) is 1. The Hall–Kier alpha value is -1.36. The Morgan fingerprint density at radius 1 is 1.47 bits per heavy atom. The van der Waals surface area contributed by atoms with Crippen LogP contribution in [0.3, 0.4) is 0 Å². The number of hydrogen-bond donors (Lipinski definition) is 2. The molecule has 0 amide bonds. The van der Waals surface area contributed by atoms with E-state index in [9.17, 15) is 13.9 Å². The second-order valence-corrected chi connectivity index (χ2v) is 3.71. The Balaban J connectivity index is 2.47. The first-order chi connectivity index (χ1) is 6.92. The van der Waals surface area contributed by atoms with Gasteiger partial charge in [-0.15, -0.1) is 0 Å². The van der Waals surface area contributed by atoms with Crippen LogP contribution in [-0.2, 0) is 5.54 Å². The number of benzene rings is 1. The van der Waals surface area contributed by atoms with Gasteiger partial charge in [0, 0.05) is 12.0 Å². The van der Waals surface area contributed by atoms with Crippen molar-refractivity contribution in [1.82, 2.24) is 0 Å². The number of halogens is 2. The van der Waals surface area contributed by atoms with Crippen molar-refractivity contribution in [2.45, 2.75) is 17.9 Å². The van der Waals surface area contributed by atoms with Crippen LogP contribution in [0.25, 0.3) is 0 Å². The lowest BCUT2D eigenvalue weighted by Crippen LogP contribution is -2.27. The van der Waals surface area contributed by atoms with Crippen LogP contribution in [0.15, 0.2) is 18.2 Å². The lowest BCUT2D eigenvalue weighted by molar-refractivity contribution is 0.0883. The first-order valence-electron chi connectivity index (χ1n) is 4.45. The number of hydrogen-bond acceptors (Lipinski definition) is 3. The van der Waals surface area contributed by atoms with Crippen LogP contribution in [0, 0.1) is 0 Å². The lowest BCUT2D eigenvalue weighted by Gasteiger charge is -2.14. The molecule has 3 N–H and O–H groups in total. The van der Waals surface area contributed by atoms with Gasteiger partial charge in [-0.3, -0.25) is 0 Å². The number of para-hydroxylation sites is 1. The third-order valence-corrected chi connectivity index (χ3v) is 2.73. The summed E-state index contributed by atoms with van der Waals surface area (Å²) in [6.07, 6.45) is -0.444. The van der Waals surface area contributed by atoms with Gasteiger partial charge in [-0.2, -0.15) is 0 Å². The first kappa shape index (κ1) is 10.2. The predicted molar refractivity (Wildman–Crippen MR) is 50.1 cm³/mol. The molecule has 1 unspecified atom stereocenters. The molecule has 2 rings (SSSR count). The third kappa shape index (κ3) is 1.26. The van der Waals surface area contributed by atoms with Crippen molar-refractivity contribution in [2.24, 2.45) is 5.73 Å². The molecule has 0 spiro atoms. The molecule has 1 saturated carbocycles. The quantitative estimate of drug-likeness (QED) is 0.787. The minimum absolute atomic E-state index is 0.0341. The Morgan fingerprint density at radius 2 is 2.07 bits per heavy atom. The molecule has 82 valence electrons. The molecule has 3 nitrogen and oxygen atoms in total. The van der Waals surface area contributed by atoms with Crippen molar-refractivity contribution in [3.63, 3.8) is 0 Å². The number of methoxy groups -OCH3 is 1. The van der Waals surface area contributed by atoms with Gasteiger partial charge >= 0.3 is 0 Å². The number of phenolic OH excluding ortho intramolecular Hbond substituents is 1. The van der Waals surface area contributed by atoms with Gasteiger partial charge in [0.1, 0.15) is 5.54 Å². The highest BCUT2D eigenvalue weighted by Gasteiger charge is 2.70. The highest BCUT2D eigenvalue weighted by molar-refractivity contribution is 5.52. The number of nitrogens with two attached hydrogens (primary N) is 1. The predicted octanol–water partition coefficient (Wildman–Crippen LogP) is 1.59. The largest absolute Gasteiger partial charge is 0.504 e. The van der Waals surface area contributed by atoms with E-state index in [1.807, 2.05) is 0 Å². The van der Waals surface area contributed by atoms with Crippen LogP contribution >= 0.6 is 0 Å². The van der Waals surface area contributed by atoms with Crippen molar-refractivity contribution < 1.29 is 18.6 Å². The van der Waals surface area contributed by atoms with E-state index >= 15 is 0 Å². The average molecular weight is 215 g/mol. The van der Waals surface area contributed by atoms with E-state index < -0.39 is 17.9 Å². The van der Waals surface area contributed by atoms with Crippen molar-refractivity contribution in [2.75, 3.05) is 7.11 Å². The van der Waals surface area contributed by atoms with E-state index in [1.54, 1.807) is 0 Å². The van der Waals surface area contributed by atoms with Crippen LogP contribution in [0.4, 0.5) is 8.78 Å². The van der Waals surface area contributed by atoms with E-state index in [0.717, 1.165) is 0 Å². The smallest absolute Gasteiger partial charge is 0.272 e. The molecule has 0 aliphatic heterocycles. The normalized spacial score (nSPS) is 27.5. The second kappa shape index (κ2) is 2.82. The Bertz CT molecular complexity index is 408. The zero-order valence-electron chi connectivity index (χ0n) is 8.13. The molecule has 15 heavy (non-hydrogen) atoms. The average Bonchev–Trinajstić information content (AvgIpc) is 2.67. The maximum atomic E-state index is 13.0. The number of phenols is 1. The minimum Gasteiger partial charge on any atom is -0.504 e. The van der Waals surface area contributed by atoms with Gasteiger partial charge in [0.25, 0.3) is 5.92 Å². The summed E-state index contributed by atoms with van der Waals surface area (Å²) in [5.41, 5.74) is 3.79. The van der Waals surface area contributed by atoms with Crippen molar-refractivity contribution in [3.8, 4) is 11.5 Å². The molecular weight excluding hydrogens is 204 g/mol. The third-order valence-electron chi connectivity index (χ3n) is 2.73. The Labute approximate surface area is 85.5 Å². The monoisotopic (exact) mass is 215 g/mol. The SMILES string of the molecule is COc1cccc(C2(N)CC2(F)F)c1O. The summed E-state index contributed by atoms with van der Waals surface area (Å²) in [5.74, 6) is -3.10. The van der Waals surface area contributed by atoms with Gasteiger partial charge in [-0.1, -0.05) is 12.1 Å². The molecule has 0 heterocycles. The van der Waals surface area contributed by atoms with Gasteiger partial charge in [0.2, 0.25) is 0 Å². The molecule has 5 heteroatoms. The Kier molecular flexibility index (Phi) is 1.91. The van der Waals surface area contributed by atoms with E-state index in [2.05, 4.69) is 0 Å². The Morgan fingerprint density at radius 3 is 2.53 bits per heavy atom. The van der Waals surface area contributed by atoms with E-state index in [-0.39, 0.29) is 17.1 Å². The second-order valence-electron chi connectivity index (χ2n) is 3.71. The molecule has 1 aliphatic carbocycles. The lowest BCUT2D eigenvalue weighted by atomic mass is 10.0. The van der Waals surface area contributed by atoms with E-state index in [4.69, 9.17) is 10.5 Å². The van der Waals surface area contributed by atoms with Crippen molar-refractivity contribution in [3.05, 3.63) is 23.8 Å². The molecule has 1 aromatic carbocycles. The van der Waals surface area contributed by atoms with Crippen LogP contribution in [0.5, 0.6) is 11.5 Å². The van der Waals surface area contributed by atoms with Crippen molar-refractivity contribution >= 4 is 0 Å². The van der Waals surface area contributed by atoms with Crippen LogP contribution in [-0.4, -0.2) is 18.1 Å². The summed E-state index contributed by atoms with van der Waals surface area (Å²) >= 11 is 0. The maximum Gasteiger partial charge on any atom is 0.272 e. The summed E-state index contributed by atoms with van der Waals surface area (Å²) in [7, 11) is 1.35. The van der Waals surface area contributed by atoms with Gasteiger partial charge in [-0.05, 0) is 6.07 Å². The van der Waals surface area contributed by atoms with Gasteiger partial charge < -0.3 is 15.6 Å². The fraction of sp³-hybridized carbons (Fsp3) is 0.400. The zero-order chi connectivity index (χ0) is 11.3. The summed E-state index contributed by atoms with van der Waals surface area (Å²) in [4.78, 5) is 0. The van der Waals surface area contributed by atoms with Gasteiger partial charge in [0.05, 0.1) is 7.11 Å². The minimum atomic E-state index is -2.95.